The lowest BCUT2D eigenvalue weighted by Gasteiger charge is -2.28. The van der Waals surface area contributed by atoms with Gasteiger partial charge in [0.2, 0.25) is 0 Å². The number of carboxylic acids is 1. The lowest BCUT2D eigenvalue weighted by molar-refractivity contribution is 0.0168. The Kier molecular flexibility index (Phi) is 3.94. The van der Waals surface area contributed by atoms with Crippen LogP contribution in [0.2, 0.25) is 0 Å². The largest absolute Gasteiger partial charge is 0.478 e. The molecule has 1 aromatic rings. The zero-order valence-corrected chi connectivity index (χ0v) is 12.8. The van der Waals surface area contributed by atoms with Crippen molar-refractivity contribution in [3.8, 4) is 0 Å². The standard InChI is InChI=1S/C16H21NO4/c1-5-13-12-7-6-10(14(18)19)8-11(12)9-17(13)15(20)21-16(2,3)4/h6-8,13H,5,9H2,1-4H3,(H,18,19)/t13-/m1/s1. The van der Waals surface area contributed by atoms with Gasteiger partial charge in [0.05, 0.1) is 18.2 Å². The minimum Gasteiger partial charge on any atom is -0.478 e. The number of hydrogen-bond acceptors (Lipinski definition) is 3. The Labute approximate surface area is 124 Å². The zero-order chi connectivity index (χ0) is 15.8. The van der Waals surface area contributed by atoms with Crippen molar-refractivity contribution in [2.75, 3.05) is 0 Å². The van der Waals surface area contributed by atoms with Gasteiger partial charge >= 0.3 is 12.1 Å². The second-order valence-electron chi connectivity index (χ2n) is 6.25. The van der Waals surface area contributed by atoms with E-state index in [-0.39, 0.29) is 17.7 Å². The fraction of sp³-hybridized carbons (Fsp3) is 0.500. The van der Waals surface area contributed by atoms with E-state index in [4.69, 9.17) is 9.84 Å². The van der Waals surface area contributed by atoms with Crippen molar-refractivity contribution in [1.82, 2.24) is 4.90 Å². The van der Waals surface area contributed by atoms with Crippen molar-refractivity contribution < 1.29 is 19.4 Å². The van der Waals surface area contributed by atoms with Crippen LogP contribution in [0.15, 0.2) is 18.2 Å². The van der Waals surface area contributed by atoms with Gasteiger partial charge in [0.15, 0.2) is 0 Å². The molecule has 1 aromatic carbocycles. The summed E-state index contributed by atoms with van der Waals surface area (Å²) < 4.78 is 5.43. The summed E-state index contributed by atoms with van der Waals surface area (Å²) in [6, 6.07) is 4.97. The first kappa shape index (κ1) is 15.4. The summed E-state index contributed by atoms with van der Waals surface area (Å²) in [5, 5.41) is 9.06. The van der Waals surface area contributed by atoms with Crippen molar-refractivity contribution in [3.63, 3.8) is 0 Å². The fourth-order valence-corrected chi connectivity index (χ4v) is 2.62. The Hall–Kier alpha value is -2.04. The SMILES string of the molecule is CC[C@@H]1c2ccc(C(=O)O)cc2CN1C(=O)OC(C)(C)C. The first-order valence-electron chi connectivity index (χ1n) is 7.08. The van der Waals surface area contributed by atoms with E-state index in [0.29, 0.717) is 6.54 Å². The fourth-order valence-electron chi connectivity index (χ4n) is 2.62. The predicted octanol–water partition coefficient (Wildman–Crippen LogP) is 3.59. The van der Waals surface area contributed by atoms with Crippen molar-refractivity contribution in [3.05, 3.63) is 34.9 Å². The monoisotopic (exact) mass is 291 g/mol. The molecule has 1 aliphatic heterocycles. The summed E-state index contributed by atoms with van der Waals surface area (Å²) in [6.45, 7) is 7.89. The van der Waals surface area contributed by atoms with Crippen molar-refractivity contribution in [1.29, 1.82) is 0 Å². The smallest absolute Gasteiger partial charge is 0.411 e. The molecular weight excluding hydrogens is 270 g/mol. The molecule has 0 aliphatic carbocycles. The summed E-state index contributed by atoms with van der Waals surface area (Å²) in [5.41, 5.74) is 1.59. The second kappa shape index (κ2) is 5.39. The van der Waals surface area contributed by atoms with Crippen LogP contribution in [0.1, 0.15) is 61.6 Å². The summed E-state index contributed by atoms with van der Waals surface area (Å²) in [7, 11) is 0. The lowest BCUT2D eigenvalue weighted by atomic mass is 10.0. The quantitative estimate of drug-likeness (QED) is 0.904. The Morgan fingerprint density at radius 3 is 2.57 bits per heavy atom. The minimum atomic E-state index is -0.957. The molecule has 0 radical (unpaired) electrons. The molecule has 1 N–H and O–H groups in total. The first-order chi connectivity index (χ1) is 9.73. The molecular formula is C16H21NO4. The van der Waals surface area contributed by atoms with Crippen LogP contribution >= 0.6 is 0 Å². The molecule has 1 amide bonds. The summed E-state index contributed by atoms with van der Waals surface area (Å²) in [5.74, 6) is -0.957. The Balaban J connectivity index is 2.28. The van der Waals surface area contributed by atoms with Crippen LogP contribution in [-0.2, 0) is 11.3 Å². The summed E-state index contributed by atoms with van der Waals surface area (Å²) >= 11 is 0. The maximum Gasteiger partial charge on any atom is 0.411 e. The van der Waals surface area contributed by atoms with E-state index >= 15 is 0 Å². The molecule has 0 bridgehead atoms. The van der Waals surface area contributed by atoms with Crippen LogP contribution in [0.5, 0.6) is 0 Å². The zero-order valence-electron chi connectivity index (χ0n) is 12.8. The Morgan fingerprint density at radius 2 is 2.05 bits per heavy atom. The summed E-state index contributed by atoms with van der Waals surface area (Å²) in [6.07, 6.45) is 0.404. The van der Waals surface area contributed by atoms with E-state index < -0.39 is 11.6 Å². The van der Waals surface area contributed by atoms with Gasteiger partial charge < -0.3 is 9.84 Å². The number of carbonyl (C=O) groups is 2. The molecule has 21 heavy (non-hydrogen) atoms. The number of aromatic carboxylic acids is 1. The number of ether oxygens (including phenoxy) is 1. The van der Waals surface area contributed by atoms with Crippen LogP contribution in [0.3, 0.4) is 0 Å². The van der Waals surface area contributed by atoms with Gasteiger partial charge in [-0.05, 0) is 50.5 Å². The summed E-state index contributed by atoms with van der Waals surface area (Å²) in [4.78, 5) is 25.0. The highest BCUT2D eigenvalue weighted by atomic mass is 16.6. The van der Waals surface area contributed by atoms with E-state index in [1.165, 1.54) is 0 Å². The first-order valence-corrected chi connectivity index (χ1v) is 7.08. The highest BCUT2D eigenvalue weighted by Crippen LogP contribution is 2.37. The molecule has 0 fully saturated rings. The van der Waals surface area contributed by atoms with Crippen molar-refractivity contribution in [2.24, 2.45) is 0 Å². The number of carbonyl (C=O) groups excluding carboxylic acids is 1. The molecule has 1 atom stereocenters. The molecule has 0 saturated heterocycles. The van der Waals surface area contributed by atoms with Crippen molar-refractivity contribution >= 4 is 12.1 Å². The number of amides is 1. The Bertz CT molecular complexity index is 574. The van der Waals surface area contributed by atoms with Gasteiger partial charge in [0, 0.05) is 0 Å². The van der Waals surface area contributed by atoms with E-state index in [2.05, 4.69) is 0 Å². The number of fused-ring (bicyclic) bond motifs is 1. The maximum atomic E-state index is 12.3. The van der Waals surface area contributed by atoms with Crippen molar-refractivity contribution in [2.45, 2.75) is 52.3 Å². The highest BCUT2D eigenvalue weighted by molar-refractivity contribution is 5.88. The van der Waals surface area contributed by atoms with E-state index in [1.54, 1.807) is 23.1 Å². The average Bonchev–Trinajstić information content (AvgIpc) is 2.74. The maximum absolute atomic E-state index is 12.3. The third-order valence-electron chi connectivity index (χ3n) is 3.48. The number of carboxylic acid groups (broad SMARTS) is 1. The minimum absolute atomic E-state index is 0.0577. The van der Waals surface area contributed by atoms with E-state index in [0.717, 1.165) is 17.5 Å². The van der Waals surface area contributed by atoms with Gasteiger partial charge in [-0.25, -0.2) is 9.59 Å². The number of hydrogen-bond donors (Lipinski definition) is 1. The number of rotatable bonds is 2. The molecule has 5 nitrogen and oxygen atoms in total. The average molecular weight is 291 g/mol. The molecule has 0 aromatic heterocycles. The second-order valence-corrected chi connectivity index (χ2v) is 6.25. The third-order valence-corrected chi connectivity index (χ3v) is 3.48. The van der Waals surface area contributed by atoms with Gasteiger partial charge in [-0.2, -0.15) is 0 Å². The van der Waals surface area contributed by atoms with E-state index in [1.807, 2.05) is 27.7 Å². The van der Waals surface area contributed by atoms with Gasteiger partial charge in [0.1, 0.15) is 5.60 Å². The molecule has 2 rings (SSSR count). The van der Waals surface area contributed by atoms with Crippen LogP contribution in [-0.4, -0.2) is 27.7 Å². The normalized spacial score (nSPS) is 17.5. The predicted molar refractivity (Wildman–Crippen MR) is 78.2 cm³/mol. The number of benzene rings is 1. The van der Waals surface area contributed by atoms with Gasteiger partial charge in [-0.3, -0.25) is 4.90 Å². The highest BCUT2D eigenvalue weighted by Gasteiger charge is 2.35. The third kappa shape index (κ3) is 3.17. The molecule has 0 spiro atoms. The molecule has 5 heteroatoms. The molecule has 114 valence electrons. The molecule has 1 aliphatic rings. The Morgan fingerprint density at radius 1 is 1.38 bits per heavy atom. The van der Waals surface area contributed by atoms with Crippen LogP contribution in [0.25, 0.3) is 0 Å². The van der Waals surface area contributed by atoms with E-state index in [9.17, 15) is 9.59 Å². The molecule has 1 heterocycles. The lowest BCUT2D eigenvalue weighted by Crippen LogP contribution is -2.35. The van der Waals surface area contributed by atoms with Gasteiger partial charge in [-0.1, -0.05) is 13.0 Å². The molecule has 0 unspecified atom stereocenters. The van der Waals surface area contributed by atoms with Crippen LogP contribution in [0, 0.1) is 0 Å². The topological polar surface area (TPSA) is 66.8 Å². The van der Waals surface area contributed by atoms with Crippen LogP contribution < -0.4 is 0 Å². The molecule has 0 saturated carbocycles. The van der Waals surface area contributed by atoms with Gasteiger partial charge in [0.25, 0.3) is 0 Å². The van der Waals surface area contributed by atoms with Crippen LogP contribution in [0.4, 0.5) is 4.79 Å². The van der Waals surface area contributed by atoms with Gasteiger partial charge in [-0.15, -0.1) is 0 Å². The number of nitrogens with zero attached hydrogens (tertiary/aromatic N) is 1.